The van der Waals surface area contributed by atoms with Crippen molar-refractivity contribution >= 4 is 73.6 Å². The Morgan fingerprint density at radius 2 is 1.82 bits per heavy atom. The zero-order chi connectivity index (χ0) is 27.4. The highest BCUT2D eigenvalue weighted by molar-refractivity contribution is 9.10. The highest BCUT2D eigenvalue weighted by atomic mass is 79.9. The van der Waals surface area contributed by atoms with Crippen molar-refractivity contribution in [1.29, 1.82) is 0 Å². The molecule has 4 rings (SSSR count). The molecule has 2 aromatic heterocycles. The number of thiophene rings is 1. The number of carbonyl (C=O) groups excluding carboxylic acids is 3. The number of fused-ring (bicyclic) bond motifs is 1. The topological polar surface area (TPSA) is 117 Å². The van der Waals surface area contributed by atoms with E-state index in [1.165, 1.54) is 16.3 Å². The lowest BCUT2D eigenvalue weighted by Gasteiger charge is -2.14. The van der Waals surface area contributed by atoms with E-state index in [2.05, 4.69) is 21.2 Å². The number of esters is 2. The Bertz CT molecular complexity index is 1450. The Balaban J connectivity index is 1.61. The van der Waals surface area contributed by atoms with Crippen molar-refractivity contribution in [3.8, 4) is 5.69 Å². The summed E-state index contributed by atoms with van der Waals surface area (Å²) in [6.45, 7) is 5.29. The first kappa shape index (κ1) is 28.4. The SMILES string of the molecule is CCOC(=O)c1sc(NC(=O)CSc2nc3c(c(=O)n2-c2ccc(Br)cc2)SCC3)c(C(=O)OCC)c1C. The van der Waals surface area contributed by atoms with Crippen molar-refractivity contribution < 1.29 is 23.9 Å². The number of amides is 1. The van der Waals surface area contributed by atoms with E-state index in [1.54, 1.807) is 32.9 Å². The maximum absolute atomic E-state index is 13.3. The lowest BCUT2D eigenvalue weighted by Crippen LogP contribution is -2.24. The molecule has 3 aromatic rings. The minimum Gasteiger partial charge on any atom is -0.462 e. The van der Waals surface area contributed by atoms with Crippen molar-refractivity contribution in [2.45, 2.75) is 37.2 Å². The molecule has 0 radical (unpaired) electrons. The first-order valence-electron chi connectivity index (χ1n) is 11.7. The molecule has 0 unspecified atom stereocenters. The highest BCUT2D eigenvalue weighted by Gasteiger charge is 2.28. The van der Waals surface area contributed by atoms with Crippen molar-refractivity contribution in [1.82, 2.24) is 9.55 Å². The molecule has 0 bridgehead atoms. The van der Waals surface area contributed by atoms with Gasteiger partial charge < -0.3 is 14.8 Å². The number of ether oxygens (including phenoxy) is 2. The van der Waals surface area contributed by atoms with Crippen LogP contribution in [-0.4, -0.2) is 52.1 Å². The van der Waals surface area contributed by atoms with Crippen molar-refractivity contribution in [2.24, 2.45) is 0 Å². The smallest absolute Gasteiger partial charge is 0.348 e. The quantitative estimate of drug-likeness (QED) is 0.194. The predicted molar refractivity (Wildman–Crippen MR) is 152 cm³/mol. The maximum Gasteiger partial charge on any atom is 0.348 e. The third kappa shape index (κ3) is 6.00. The highest BCUT2D eigenvalue weighted by Crippen LogP contribution is 2.35. The summed E-state index contributed by atoms with van der Waals surface area (Å²) in [5.74, 6) is -0.938. The number of anilines is 1. The summed E-state index contributed by atoms with van der Waals surface area (Å²) in [4.78, 5) is 56.9. The van der Waals surface area contributed by atoms with Gasteiger partial charge in [-0.2, -0.15) is 0 Å². The fourth-order valence-corrected chi connectivity index (χ4v) is 6.96. The van der Waals surface area contributed by atoms with E-state index in [0.29, 0.717) is 27.7 Å². The van der Waals surface area contributed by atoms with Crippen LogP contribution in [0.4, 0.5) is 5.00 Å². The Morgan fingerprint density at radius 3 is 2.50 bits per heavy atom. The van der Waals surface area contributed by atoms with Gasteiger partial charge in [-0.05, 0) is 50.6 Å². The fourth-order valence-electron chi connectivity index (χ4n) is 3.74. The maximum atomic E-state index is 13.3. The lowest BCUT2D eigenvalue weighted by atomic mass is 10.1. The summed E-state index contributed by atoms with van der Waals surface area (Å²) in [5.41, 5.74) is 1.71. The van der Waals surface area contributed by atoms with E-state index in [-0.39, 0.29) is 40.0 Å². The molecule has 1 aromatic carbocycles. The van der Waals surface area contributed by atoms with Crippen LogP contribution in [0.3, 0.4) is 0 Å². The normalized spacial score (nSPS) is 12.2. The molecular formula is C25H24BrN3O6S3. The first-order chi connectivity index (χ1) is 18.2. The average molecular weight is 639 g/mol. The van der Waals surface area contributed by atoms with Crippen LogP contribution in [0.1, 0.15) is 45.1 Å². The lowest BCUT2D eigenvalue weighted by molar-refractivity contribution is -0.113. The summed E-state index contributed by atoms with van der Waals surface area (Å²) in [6, 6.07) is 7.28. The van der Waals surface area contributed by atoms with Crippen molar-refractivity contribution in [3.05, 3.63) is 60.8 Å². The number of hydrogen-bond acceptors (Lipinski definition) is 10. The number of thioether (sulfide) groups is 2. The number of nitrogens with zero attached hydrogens (tertiary/aromatic N) is 2. The van der Waals surface area contributed by atoms with Crippen molar-refractivity contribution in [2.75, 3.05) is 30.0 Å². The van der Waals surface area contributed by atoms with E-state index in [1.807, 2.05) is 12.1 Å². The minimum absolute atomic E-state index is 0.0805. The Kier molecular flexibility index (Phi) is 9.34. The number of nitrogens with one attached hydrogen (secondary N) is 1. The molecule has 0 saturated heterocycles. The second-order valence-corrected chi connectivity index (χ2v) is 11.9. The van der Waals surface area contributed by atoms with Gasteiger partial charge in [0.05, 0.1) is 40.8 Å². The Hall–Kier alpha value is -2.61. The van der Waals surface area contributed by atoms with Crippen LogP contribution < -0.4 is 10.9 Å². The molecule has 0 fully saturated rings. The summed E-state index contributed by atoms with van der Waals surface area (Å²) < 4.78 is 12.6. The number of rotatable bonds is 9. The zero-order valence-corrected chi connectivity index (χ0v) is 24.8. The van der Waals surface area contributed by atoms with Crippen LogP contribution in [0.25, 0.3) is 5.69 Å². The second kappa shape index (κ2) is 12.5. The number of hydrogen-bond donors (Lipinski definition) is 1. The molecule has 1 aliphatic rings. The Morgan fingerprint density at radius 1 is 1.13 bits per heavy atom. The van der Waals surface area contributed by atoms with E-state index < -0.39 is 17.8 Å². The van der Waals surface area contributed by atoms with E-state index in [0.717, 1.165) is 39.0 Å². The number of aromatic nitrogens is 2. The van der Waals surface area contributed by atoms with Gasteiger partial charge in [0, 0.05) is 16.6 Å². The van der Waals surface area contributed by atoms with Gasteiger partial charge in [0.2, 0.25) is 5.91 Å². The van der Waals surface area contributed by atoms with Crippen LogP contribution >= 0.6 is 50.8 Å². The number of carbonyl (C=O) groups is 3. The molecule has 9 nitrogen and oxygen atoms in total. The van der Waals surface area contributed by atoms with E-state index in [9.17, 15) is 19.2 Å². The largest absolute Gasteiger partial charge is 0.462 e. The van der Waals surface area contributed by atoms with Crippen LogP contribution in [0.15, 0.2) is 43.6 Å². The average Bonchev–Trinajstić information content (AvgIpc) is 3.48. The molecule has 1 N–H and O–H groups in total. The van der Waals surface area contributed by atoms with Crippen LogP contribution in [0.2, 0.25) is 0 Å². The number of benzene rings is 1. The molecule has 0 spiro atoms. The zero-order valence-electron chi connectivity index (χ0n) is 20.8. The second-order valence-electron chi connectivity index (χ2n) is 7.92. The summed E-state index contributed by atoms with van der Waals surface area (Å²) in [7, 11) is 0. The van der Waals surface area contributed by atoms with Crippen LogP contribution in [0, 0.1) is 6.92 Å². The van der Waals surface area contributed by atoms with Gasteiger partial charge in [-0.15, -0.1) is 23.1 Å². The molecule has 1 aliphatic heterocycles. The van der Waals surface area contributed by atoms with E-state index in [4.69, 9.17) is 14.5 Å². The third-order valence-electron chi connectivity index (χ3n) is 5.42. The van der Waals surface area contributed by atoms with Gasteiger partial charge in [-0.25, -0.2) is 14.6 Å². The first-order valence-corrected chi connectivity index (χ1v) is 15.3. The summed E-state index contributed by atoms with van der Waals surface area (Å²) in [5, 5.41) is 3.34. The van der Waals surface area contributed by atoms with Gasteiger partial charge in [-0.3, -0.25) is 14.2 Å². The molecule has 13 heteroatoms. The van der Waals surface area contributed by atoms with Crippen LogP contribution in [-0.2, 0) is 20.7 Å². The van der Waals surface area contributed by atoms with Gasteiger partial charge in [0.1, 0.15) is 9.88 Å². The molecule has 200 valence electrons. The molecule has 0 atom stereocenters. The van der Waals surface area contributed by atoms with E-state index >= 15 is 0 Å². The monoisotopic (exact) mass is 637 g/mol. The van der Waals surface area contributed by atoms with Gasteiger partial charge in [-0.1, -0.05) is 27.7 Å². The molecule has 1 amide bonds. The van der Waals surface area contributed by atoms with Gasteiger partial charge >= 0.3 is 11.9 Å². The molecule has 3 heterocycles. The number of aryl methyl sites for hydroxylation is 1. The summed E-state index contributed by atoms with van der Waals surface area (Å²) in [6.07, 6.45) is 0.685. The molecule has 0 saturated carbocycles. The van der Waals surface area contributed by atoms with Gasteiger partial charge in [0.15, 0.2) is 5.16 Å². The summed E-state index contributed by atoms with van der Waals surface area (Å²) >= 11 is 6.98. The van der Waals surface area contributed by atoms with Gasteiger partial charge in [0.25, 0.3) is 5.56 Å². The molecule has 0 aliphatic carbocycles. The fraction of sp³-hybridized carbons (Fsp3) is 0.320. The Labute approximate surface area is 239 Å². The molecular weight excluding hydrogens is 614 g/mol. The van der Waals surface area contributed by atoms with Crippen LogP contribution in [0.5, 0.6) is 0 Å². The number of halogens is 1. The minimum atomic E-state index is -0.637. The predicted octanol–water partition coefficient (Wildman–Crippen LogP) is 5.10. The third-order valence-corrected chi connectivity index (χ3v) is 9.19. The van der Waals surface area contributed by atoms with Crippen molar-refractivity contribution in [3.63, 3.8) is 0 Å². The molecule has 38 heavy (non-hydrogen) atoms. The standard InChI is InChI=1S/C25H24BrN3O6S3/c1-4-34-23(32)18-13(3)19(24(33)35-5-2)38-21(18)28-17(30)12-37-25-27-16-10-11-36-20(16)22(31)29(25)15-8-6-14(26)7-9-15/h6-9H,4-5,10-12H2,1-3H3,(H,28,30).